The standard InChI is InChI=1S/C21H22N2O5S/c1-15(24)23-11-9-21(10-12-23,16-6-3-2-4-7-16)20(27)28-14-18(25)22-19(26)17-8-5-13-29-17/h2-8,13H,9-12,14H2,1H3,(H,22,25,26). The number of imide groups is 1. The first-order chi connectivity index (χ1) is 13.9. The largest absolute Gasteiger partial charge is 0.455 e. The quantitative estimate of drug-likeness (QED) is 0.757. The third-order valence-electron chi connectivity index (χ3n) is 5.11. The maximum atomic E-state index is 13.0. The van der Waals surface area contributed by atoms with Crippen molar-refractivity contribution in [2.45, 2.75) is 25.2 Å². The summed E-state index contributed by atoms with van der Waals surface area (Å²) in [6, 6.07) is 12.6. The van der Waals surface area contributed by atoms with Gasteiger partial charge in [0.1, 0.15) is 0 Å². The summed E-state index contributed by atoms with van der Waals surface area (Å²) in [5.74, 6) is -1.76. The number of carbonyl (C=O) groups excluding carboxylic acids is 4. The number of piperidine rings is 1. The first-order valence-corrected chi connectivity index (χ1v) is 10.2. The highest BCUT2D eigenvalue weighted by Gasteiger charge is 2.44. The van der Waals surface area contributed by atoms with Gasteiger partial charge in [-0.1, -0.05) is 36.4 Å². The second-order valence-electron chi connectivity index (χ2n) is 6.88. The van der Waals surface area contributed by atoms with E-state index in [0.29, 0.717) is 30.8 Å². The molecule has 1 aliphatic heterocycles. The van der Waals surface area contributed by atoms with Crippen molar-refractivity contribution in [2.24, 2.45) is 0 Å². The second kappa shape index (κ2) is 9.00. The fourth-order valence-corrected chi connectivity index (χ4v) is 4.09. The number of ether oxygens (including phenoxy) is 1. The Labute approximate surface area is 172 Å². The summed E-state index contributed by atoms with van der Waals surface area (Å²) in [6.07, 6.45) is 0.816. The van der Waals surface area contributed by atoms with Gasteiger partial charge in [0.15, 0.2) is 6.61 Å². The summed E-state index contributed by atoms with van der Waals surface area (Å²) < 4.78 is 5.31. The minimum absolute atomic E-state index is 0.0357. The van der Waals surface area contributed by atoms with Gasteiger partial charge in [-0.05, 0) is 29.9 Å². The van der Waals surface area contributed by atoms with Crippen LogP contribution in [0.5, 0.6) is 0 Å². The van der Waals surface area contributed by atoms with Crippen molar-refractivity contribution in [2.75, 3.05) is 19.7 Å². The zero-order valence-corrected chi connectivity index (χ0v) is 16.9. The van der Waals surface area contributed by atoms with E-state index in [0.717, 1.165) is 5.56 Å². The minimum Gasteiger partial charge on any atom is -0.455 e. The molecule has 1 saturated heterocycles. The fraction of sp³-hybridized carbons (Fsp3) is 0.333. The molecule has 1 N–H and O–H groups in total. The van der Waals surface area contributed by atoms with Gasteiger partial charge in [0.05, 0.1) is 10.3 Å². The molecule has 152 valence electrons. The number of benzene rings is 1. The molecule has 1 aliphatic rings. The molecule has 3 amide bonds. The lowest BCUT2D eigenvalue weighted by atomic mass is 9.72. The molecule has 3 rings (SSSR count). The van der Waals surface area contributed by atoms with Crippen molar-refractivity contribution in [3.8, 4) is 0 Å². The lowest BCUT2D eigenvalue weighted by molar-refractivity contribution is -0.157. The van der Waals surface area contributed by atoms with Gasteiger partial charge in [-0.3, -0.25) is 24.5 Å². The molecule has 8 heteroatoms. The van der Waals surface area contributed by atoms with Crippen molar-refractivity contribution >= 4 is 35.0 Å². The van der Waals surface area contributed by atoms with E-state index in [-0.39, 0.29) is 5.91 Å². The van der Waals surface area contributed by atoms with Gasteiger partial charge < -0.3 is 9.64 Å². The topological polar surface area (TPSA) is 92.8 Å². The summed E-state index contributed by atoms with van der Waals surface area (Å²) in [5, 5.41) is 3.95. The van der Waals surface area contributed by atoms with Gasteiger partial charge in [-0.2, -0.15) is 0 Å². The molecule has 0 saturated carbocycles. The van der Waals surface area contributed by atoms with E-state index < -0.39 is 29.8 Å². The molecule has 1 aromatic heterocycles. The van der Waals surface area contributed by atoms with Crippen molar-refractivity contribution < 1.29 is 23.9 Å². The smallest absolute Gasteiger partial charge is 0.317 e. The lowest BCUT2D eigenvalue weighted by Crippen LogP contribution is -2.49. The third-order valence-corrected chi connectivity index (χ3v) is 5.98. The number of hydrogen-bond acceptors (Lipinski definition) is 6. The molecule has 0 aliphatic carbocycles. The van der Waals surface area contributed by atoms with Crippen LogP contribution in [0, 0.1) is 0 Å². The first-order valence-electron chi connectivity index (χ1n) is 9.28. The Hall–Kier alpha value is -3.00. The molecule has 0 atom stereocenters. The number of esters is 1. The Bertz CT molecular complexity index is 887. The van der Waals surface area contributed by atoms with E-state index in [1.54, 1.807) is 22.4 Å². The van der Waals surface area contributed by atoms with E-state index in [9.17, 15) is 19.2 Å². The molecule has 0 spiro atoms. The van der Waals surface area contributed by atoms with Crippen molar-refractivity contribution in [3.05, 3.63) is 58.3 Å². The monoisotopic (exact) mass is 414 g/mol. The Morgan fingerprint density at radius 3 is 2.34 bits per heavy atom. The molecular weight excluding hydrogens is 392 g/mol. The average Bonchev–Trinajstić information content (AvgIpc) is 3.27. The number of likely N-dealkylation sites (tertiary alicyclic amines) is 1. The van der Waals surface area contributed by atoms with Crippen LogP contribution in [0.2, 0.25) is 0 Å². The Kier molecular flexibility index (Phi) is 6.43. The molecule has 29 heavy (non-hydrogen) atoms. The van der Waals surface area contributed by atoms with Crippen molar-refractivity contribution in [1.29, 1.82) is 0 Å². The average molecular weight is 414 g/mol. The minimum atomic E-state index is -0.925. The highest BCUT2D eigenvalue weighted by molar-refractivity contribution is 7.12. The van der Waals surface area contributed by atoms with Gasteiger partial charge in [0.2, 0.25) is 5.91 Å². The zero-order chi connectivity index (χ0) is 20.9. The summed E-state index contributed by atoms with van der Waals surface area (Å²) in [7, 11) is 0. The number of amides is 3. The van der Waals surface area contributed by atoms with Crippen LogP contribution in [0.15, 0.2) is 47.8 Å². The van der Waals surface area contributed by atoms with Crippen LogP contribution in [0.1, 0.15) is 35.0 Å². The van der Waals surface area contributed by atoms with Crippen LogP contribution >= 0.6 is 11.3 Å². The molecule has 2 aromatic rings. The molecule has 0 unspecified atom stereocenters. The first kappa shape index (κ1) is 20.7. The highest BCUT2D eigenvalue weighted by atomic mass is 32.1. The van der Waals surface area contributed by atoms with Crippen LogP contribution < -0.4 is 5.32 Å². The summed E-state index contributed by atoms with van der Waals surface area (Å²) in [6.45, 7) is 1.83. The second-order valence-corrected chi connectivity index (χ2v) is 7.83. The number of carbonyl (C=O) groups is 4. The SMILES string of the molecule is CC(=O)N1CCC(C(=O)OCC(=O)NC(=O)c2cccs2)(c2ccccc2)CC1. The molecule has 7 nitrogen and oxygen atoms in total. The maximum Gasteiger partial charge on any atom is 0.317 e. The number of nitrogens with zero attached hydrogens (tertiary/aromatic N) is 1. The Morgan fingerprint density at radius 2 is 1.76 bits per heavy atom. The van der Waals surface area contributed by atoms with Crippen LogP contribution in [0.3, 0.4) is 0 Å². The summed E-state index contributed by atoms with van der Waals surface area (Å²) in [4.78, 5) is 50.8. The number of thiophene rings is 1. The fourth-order valence-electron chi connectivity index (χ4n) is 3.47. The normalized spacial score (nSPS) is 15.4. The van der Waals surface area contributed by atoms with Crippen LogP contribution in [-0.4, -0.2) is 48.3 Å². The number of hydrogen-bond donors (Lipinski definition) is 1. The molecule has 1 aromatic carbocycles. The van der Waals surface area contributed by atoms with Gasteiger partial charge in [-0.25, -0.2) is 0 Å². The van der Waals surface area contributed by atoms with Gasteiger partial charge in [0.25, 0.3) is 11.8 Å². The number of rotatable bonds is 5. The molecular formula is C21H22N2O5S. The van der Waals surface area contributed by atoms with Crippen LogP contribution in [0.4, 0.5) is 0 Å². The predicted octanol–water partition coefficient (Wildman–Crippen LogP) is 2.13. The highest BCUT2D eigenvalue weighted by Crippen LogP contribution is 2.37. The predicted molar refractivity (Wildman–Crippen MR) is 107 cm³/mol. The van der Waals surface area contributed by atoms with Gasteiger partial charge in [-0.15, -0.1) is 11.3 Å². The van der Waals surface area contributed by atoms with E-state index in [1.165, 1.54) is 18.3 Å². The zero-order valence-electron chi connectivity index (χ0n) is 16.1. The summed E-state index contributed by atoms with van der Waals surface area (Å²) >= 11 is 1.22. The van der Waals surface area contributed by atoms with Crippen molar-refractivity contribution in [1.82, 2.24) is 10.2 Å². The lowest BCUT2D eigenvalue weighted by Gasteiger charge is -2.40. The molecule has 2 heterocycles. The molecule has 0 radical (unpaired) electrons. The van der Waals surface area contributed by atoms with Gasteiger partial charge in [0, 0.05) is 20.0 Å². The van der Waals surface area contributed by atoms with Gasteiger partial charge >= 0.3 is 5.97 Å². The maximum absolute atomic E-state index is 13.0. The van der Waals surface area contributed by atoms with E-state index in [4.69, 9.17) is 4.74 Å². The Morgan fingerprint density at radius 1 is 1.07 bits per heavy atom. The third kappa shape index (κ3) is 4.71. The van der Waals surface area contributed by atoms with E-state index in [1.807, 2.05) is 30.3 Å². The summed E-state index contributed by atoms with van der Waals surface area (Å²) in [5.41, 5.74) is -0.131. The van der Waals surface area contributed by atoms with E-state index in [2.05, 4.69) is 5.32 Å². The molecule has 0 bridgehead atoms. The molecule has 1 fully saturated rings. The van der Waals surface area contributed by atoms with Crippen LogP contribution in [0.25, 0.3) is 0 Å². The van der Waals surface area contributed by atoms with Crippen LogP contribution in [-0.2, 0) is 24.5 Å². The Balaban J connectivity index is 1.67. The van der Waals surface area contributed by atoms with E-state index >= 15 is 0 Å². The number of nitrogens with one attached hydrogen (secondary N) is 1. The van der Waals surface area contributed by atoms with Crippen molar-refractivity contribution in [3.63, 3.8) is 0 Å².